The van der Waals surface area contributed by atoms with Gasteiger partial charge in [-0.3, -0.25) is 4.79 Å². The fourth-order valence-electron chi connectivity index (χ4n) is 2.75. The monoisotopic (exact) mass is 390 g/mol. The second kappa shape index (κ2) is 9.31. The van der Waals surface area contributed by atoms with Crippen LogP contribution in [0.2, 0.25) is 5.02 Å². The highest BCUT2D eigenvalue weighted by Crippen LogP contribution is 2.25. The van der Waals surface area contributed by atoms with Gasteiger partial charge in [0.25, 0.3) is 0 Å². The fraction of sp³-hybridized carbons (Fsp3) is 0.350. The van der Waals surface area contributed by atoms with E-state index in [1.807, 2.05) is 31.2 Å². The summed E-state index contributed by atoms with van der Waals surface area (Å²) in [6.07, 6.45) is 0. The molecule has 1 heterocycles. The molecule has 4 nitrogen and oxygen atoms in total. The van der Waals surface area contributed by atoms with E-state index in [9.17, 15) is 4.79 Å². The minimum atomic E-state index is -0.163. The second-order valence-electron chi connectivity index (χ2n) is 6.20. The van der Waals surface area contributed by atoms with Crippen LogP contribution in [0.1, 0.15) is 12.5 Å². The zero-order valence-corrected chi connectivity index (χ0v) is 16.4. The molecule has 1 atom stereocenters. The van der Waals surface area contributed by atoms with Crippen molar-refractivity contribution in [2.75, 3.05) is 31.2 Å². The number of ether oxygens (including phenoxy) is 1. The first-order valence-corrected chi connectivity index (χ1v) is 9.99. The number of nitrogens with one attached hydrogen (secondary N) is 1. The van der Waals surface area contributed by atoms with Crippen LogP contribution in [0.4, 0.5) is 5.69 Å². The van der Waals surface area contributed by atoms with Gasteiger partial charge in [0.05, 0.1) is 18.5 Å². The summed E-state index contributed by atoms with van der Waals surface area (Å²) in [5.41, 5.74) is 2.30. The predicted molar refractivity (Wildman–Crippen MR) is 108 cm³/mol. The van der Waals surface area contributed by atoms with Crippen molar-refractivity contribution in [1.82, 2.24) is 5.32 Å². The Kier molecular flexibility index (Phi) is 6.83. The molecule has 0 radical (unpaired) electrons. The van der Waals surface area contributed by atoms with Crippen LogP contribution in [0.25, 0.3) is 0 Å². The molecule has 1 aliphatic heterocycles. The number of thioether (sulfide) groups is 1. The molecular formula is C20H23ClN2O2S. The van der Waals surface area contributed by atoms with Crippen LogP contribution in [0, 0.1) is 0 Å². The number of anilines is 1. The van der Waals surface area contributed by atoms with Crippen LogP contribution in [0.5, 0.6) is 0 Å². The summed E-state index contributed by atoms with van der Waals surface area (Å²) >= 11 is 7.42. The molecule has 3 rings (SSSR count). The summed E-state index contributed by atoms with van der Waals surface area (Å²) in [5, 5.41) is 3.55. The van der Waals surface area contributed by atoms with E-state index in [0.29, 0.717) is 11.6 Å². The van der Waals surface area contributed by atoms with Crippen molar-refractivity contribution >= 4 is 35.0 Å². The number of benzene rings is 2. The van der Waals surface area contributed by atoms with Gasteiger partial charge in [-0.1, -0.05) is 23.7 Å². The number of morpholine rings is 1. The summed E-state index contributed by atoms with van der Waals surface area (Å²) in [6.45, 7) is 5.86. The van der Waals surface area contributed by atoms with Crippen LogP contribution in [-0.4, -0.2) is 37.5 Å². The zero-order valence-electron chi connectivity index (χ0n) is 14.8. The van der Waals surface area contributed by atoms with Crippen LogP contribution in [0.3, 0.4) is 0 Å². The SMILES string of the molecule is CC(Sc1ccc(Cl)cc1)C(=O)NCc1ccc(N2CCOCC2)cc1. The molecule has 0 bridgehead atoms. The molecule has 0 saturated carbocycles. The van der Waals surface area contributed by atoms with Crippen molar-refractivity contribution in [2.45, 2.75) is 23.6 Å². The summed E-state index contributed by atoms with van der Waals surface area (Å²) in [4.78, 5) is 15.7. The number of carbonyl (C=O) groups is 1. The van der Waals surface area contributed by atoms with Gasteiger partial charge in [0.1, 0.15) is 0 Å². The number of carbonyl (C=O) groups excluding carboxylic acids is 1. The number of amides is 1. The molecule has 1 unspecified atom stereocenters. The van der Waals surface area contributed by atoms with Crippen molar-refractivity contribution in [2.24, 2.45) is 0 Å². The quantitative estimate of drug-likeness (QED) is 0.757. The number of nitrogens with zero attached hydrogens (tertiary/aromatic N) is 1. The lowest BCUT2D eigenvalue weighted by Gasteiger charge is -2.28. The van der Waals surface area contributed by atoms with Gasteiger partial charge in [-0.05, 0) is 48.9 Å². The maximum atomic E-state index is 12.3. The van der Waals surface area contributed by atoms with Gasteiger partial charge in [0.2, 0.25) is 5.91 Å². The number of rotatable bonds is 6. The highest BCUT2D eigenvalue weighted by molar-refractivity contribution is 8.00. The molecule has 1 N–H and O–H groups in total. The molecule has 0 aliphatic carbocycles. The van der Waals surface area contributed by atoms with Gasteiger partial charge >= 0.3 is 0 Å². The third kappa shape index (κ3) is 5.40. The Hall–Kier alpha value is -1.69. The maximum absolute atomic E-state index is 12.3. The third-order valence-corrected chi connectivity index (χ3v) is 5.64. The Labute approximate surface area is 163 Å². The van der Waals surface area contributed by atoms with Gasteiger partial charge in [-0.2, -0.15) is 0 Å². The van der Waals surface area contributed by atoms with Gasteiger partial charge < -0.3 is 15.0 Å². The number of halogens is 1. The van der Waals surface area contributed by atoms with E-state index in [1.54, 1.807) is 0 Å². The normalized spacial score (nSPS) is 15.5. The minimum Gasteiger partial charge on any atom is -0.378 e. The van der Waals surface area contributed by atoms with E-state index < -0.39 is 0 Å². The standard InChI is InChI=1S/C20H23ClN2O2S/c1-15(26-19-8-4-17(21)5-9-19)20(24)22-14-16-2-6-18(7-3-16)23-10-12-25-13-11-23/h2-9,15H,10-14H2,1H3,(H,22,24). The number of hydrogen-bond acceptors (Lipinski definition) is 4. The molecule has 0 spiro atoms. The molecule has 26 heavy (non-hydrogen) atoms. The Morgan fingerprint density at radius 3 is 2.46 bits per heavy atom. The Bertz CT molecular complexity index is 716. The fourth-order valence-corrected chi connectivity index (χ4v) is 3.77. The van der Waals surface area contributed by atoms with Crippen molar-refractivity contribution < 1.29 is 9.53 Å². The summed E-state index contributed by atoms with van der Waals surface area (Å²) in [5.74, 6) is 0.0298. The molecular weight excluding hydrogens is 368 g/mol. The Balaban J connectivity index is 1.48. The molecule has 138 valence electrons. The van der Waals surface area contributed by atoms with E-state index in [1.165, 1.54) is 17.4 Å². The van der Waals surface area contributed by atoms with Crippen molar-refractivity contribution in [3.8, 4) is 0 Å². The van der Waals surface area contributed by atoms with E-state index in [0.717, 1.165) is 36.8 Å². The van der Waals surface area contributed by atoms with Gasteiger partial charge in [-0.15, -0.1) is 11.8 Å². The Morgan fingerprint density at radius 2 is 1.81 bits per heavy atom. The summed E-state index contributed by atoms with van der Waals surface area (Å²) in [7, 11) is 0. The Morgan fingerprint density at radius 1 is 1.15 bits per heavy atom. The lowest BCUT2D eigenvalue weighted by atomic mass is 10.2. The lowest BCUT2D eigenvalue weighted by molar-refractivity contribution is -0.120. The molecule has 1 saturated heterocycles. The zero-order chi connectivity index (χ0) is 18.4. The molecule has 2 aromatic carbocycles. The average Bonchev–Trinajstić information content (AvgIpc) is 2.69. The molecule has 1 amide bonds. The highest BCUT2D eigenvalue weighted by atomic mass is 35.5. The molecule has 2 aromatic rings. The molecule has 1 aliphatic rings. The third-order valence-electron chi connectivity index (χ3n) is 4.28. The second-order valence-corrected chi connectivity index (χ2v) is 8.05. The number of hydrogen-bond donors (Lipinski definition) is 1. The van der Waals surface area contributed by atoms with E-state index in [-0.39, 0.29) is 11.2 Å². The van der Waals surface area contributed by atoms with E-state index >= 15 is 0 Å². The van der Waals surface area contributed by atoms with E-state index in [2.05, 4.69) is 34.5 Å². The van der Waals surface area contributed by atoms with Crippen LogP contribution in [-0.2, 0) is 16.1 Å². The molecule has 0 aromatic heterocycles. The summed E-state index contributed by atoms with van der Waals surface area (Å²) < 4.78 is 5.38. The summed E-state index contributed by atoms with van der Waals surface area (Å²) in [6, 6.07) is 15.9. The first-order valence-electron chi connectivity index (χ1n) is 8.73. The van der Waals surface area contributed by atoms with Gasteiger partial charge in [0.15, 0.2) is 0 Å². The van der Waals surface area contributed by atoms with Crippen LogP contribution in [0.15, 0.2) is 53.4 Å². The average molecular weight is 391 g/mol. The lowest BCUT2D eigenvalue weighted by Crippen LogP contribution is -2.36. The van der Waals surface area contributed by atoms with Gasteiger partial charge in [-0.25, -0.2) is 0 Å². The topological polar surface area (TPSA) is 41.6 Å². The smallest absolute Gasteiger partial charge is 0.233 e. The predicted octanol–water partition coefficient (Wildman–Crippen LogP) is 3.97. The minimum absolute atomic E-state index is 0.0298. The largest absolute Gasteiger partial charge is 0.378 e. The molecule has 1 fully saturated rings. The first kappa shape index (κ1) is 19.1. The highest BCUT2D eigenvalue weighted by Gasteiger charge is 2.14. The first-order chi connectivity index (χ1) is 12.6. The van der Waals surface area contributed by atoms with Crippen LogP contribution >= 0.6 is 23.4 Å². The van der Waals surface area contributed by atoms with E-state index in [4.69, 9.17) is 16.3 Å². The van der Waals surface area contributed by atoms with Crippen molar-refractivity contribution in [3.63, 3.8) is 0 Å². The van der Waals surface area contributed by atoms with Crippen LogP contribution < -0.4 is 10.2 Å². The van der Waals surface area contributed by atoms with Crippen molar-refractivity contribution in [1.29, 1.82) is 0 Å². The van der Waals surface area contributed by atoms with Gasteiger partial charge in [0, 0.05) is 35.2 Å². The van der Waals surface area contributed by atoms with Crippen molar-refractivity contribution in [3.05, 3.63) is 59.1 Å². The maximum Gasteiger partial charge on any atom is 0.233 e. The molecule has 6 heteroatoms.